The largest absolute Gasteiger partial charge is 0.384 e. The third kappa shape index (κ3) is 4.57. The number of rotatable bonds is 5. The average molecular weight is 240 g/mol. The minimum absolute atomic E-state index is 0.771. The molecule has 2 fully saturated rings. The zero-order valence-electron chi connectivity index (χ0n) is 11.3. The van der Waals surface area contributed by atoms with Crippen molar-refractivity contribution in [2.75, 3.05) is 39.9 Å². The van der Waals surface area contributed by atoms with E-state index in [0.29, 0.717) is 0 Å². The SMILES string of the molecule is COCC1CCCN(CCC2CCCCN2)C1. The lowest BCUT2D eigenvalue weighted by Crippen LogP contribution is -2.41. The van der Waals surface area contributed by atoms with Gasteiger partial charge in [0.2, 0.25) is 0 Å². The summed E-state index contributed by atoms with van der Waals surface area (Å²) < 4.78 is 5.29. The van der Waals surface area contributed by atoms with Crippen LogP contribution in [0.3, 0.4) is 0 Å². The fourth-order valence-corrected chi connectivity index (χ4v) is 3.23. The number of hydrogen-bond acceptors (Lipinski definition) is 3. The summed E-state index contributed by atoms with van der Waals surface area (Å²) in [6, 6.07) is 0.784. The first kappa shape index (κ1) is 13.3. The molecule has 2 unspecified atom stereocenters. The highest BCUT2D eigenvalue weighted by atomic mass is 16.5. The normalized spacial score (nSPS) is 31.6. The predicted molar refractivity (Wildman–Crippen MR) is 71.3 cm³/mol. The fourth-order valence-electron chi connectivity index (χ4n) is 3.23. The van der Waals surface area contributed by atoms with Gasteiger partial charge in [0.15, 0.2) is 0 Å². The van der Waals surface area contributed by atoms with Crippen molar-refractivity contribution in [3.8, 4) is 0 Å². The third-order valence-corrected chi connectivity index (χ3v) is 4.21. The maximum atomic E-state index is 5.29. The van der Waals surface area contributed by atoms with E-state index in [1.54, 1.807) is 0 Å². The van der Waals surface area contributed by atoms with Gasteiger partial charge < -0.3 is 15.0 Å². The van der Waals surface area contributed by atoms with Gasteiger partial charge in [0.1, 0.15) is 0 Å². The van der Waals surface area contributed by atoms with Gasteiger partial charge in [-0.2, -0.15) is 0 Å². The molecule has 0 amide bonds. The summed E-state index contributed by atoms with van der Waals surface area (Å²) in [4.78, 5) is 2.64. The first-order valence-electron chi connectivity index (χ1n) is 7.33. The second kappa shape index (κ2) is 7.34. The summed E-state index contributed by atoms with van der Waals surface area (Å²) >= 11 is 0. The Morgan fingerprint density at radius 2 is 2.18 bits per heavy atom. The molecule has 0 saturated carbocycles. The van der Waals surface area contributed by atoms with E-state index < -0.39 is 0 Å². The van der Waals surface area contributed by atoms with Gasteiger partial charge >= 0.3 is 0 Å². The Labute approximate surface area is 106 Å². The zero-order chi connectivity index (χ0) is 11.9. The average Bonchev–Trinajstić information content (AvgIpc) is 2.39. The number of methoxy groups -OCH3 is 1. The molecule has 3 nitrogen and oxygen atoms in total. The smallest absolute Gasteiger partial charge is 0.0502 e. The van der Waals surface area contributed by atoms with E-state index in [9.17, 15) is 0 Å². The molecule has 2 atom stereocenters. The summed E-state index contributed by atoms with van der Waals surface area (Å²) in [6.07, 6.45) is 8.22. The van der Waals surface area contributed by atoms with Gasteiger partial charge in [0, 0.05) is 19.7 Å². The summed E-state index contributed by atoms with van der Waals surface area (Å²) in [7, 11) is 1.82. The van der Waals surface area contributed by atoms with E-state index in [-0.39, 0.29) is 0 Å². The van der Waals surface area contributed by atoms with Crippen LogP contribution >= 0.6 is 0 Å². The molecular formula is C14H28N2O. The van der Waals surface area contributed by atoms with Crippen LogP contribution in [0.25, 0.3) is 0 Å². The second-order valence-electron chi connectivity index (χ2n) is 5.70. The molecule has 0 aromatic heterocycles. The lowest BCUT2D eigenvalue weighted by atomic mass is 9.97. The molecule has 0 aliphatic carbocycles. The zero-order valence-corrected chi connectivity index (χ0v) is 11.3. The van der Waals surface area contributed by atoms with Crippen LogP contribution in [0.15, 0.2) is 0 Å². The molecule has 2 saturated heterocycles. The van der Waals surface area contributed by atoms with Crippen molar-refractivity contribution in [2.24, 2.45) is 5.92 Å². The molecule has 2 aliphatic heterocycles. The van der Waals surface area contributed by atoms with Crippen LogP contribution in [0.1, 0.15) is 38.5 Å². The first-order valence-corrected chi connectivity index (χ1v) is 7.33. The molecule has 0 spiro atoms. The molecule has 0 aromatic rings. The van der Waals surface area contributed by atoms with Crippen molar-refractivity contribution in [3.63, 3.8) is 0 Å². The van der Waals surface area contributed by atoms with Crippen LogP contribution in [0.2, 0.25) is 0 Å². The van der Waals surface area contributed by atoms with Crippen molar-refractivity contribution in [2.45, 2.75) is 44.6 Å². The van der Waals surface area contributed by atoms with Crippen LogP contribution < -0.4 is 5.32 Å². The van der Waals surface area contributed by atoms with Crippen molar-refractivity contribution in [1.82, 2.24) is 10.2 Å². The van der Waals surface area contributed by atoms with Gasteiger partial charge in [-0.15, -0.1) is 0 Å². The Balaban J connectivity index is 1.64. The van der Waals surface area contributed by atoms with Crippen LogP contribution in [-0.2, 0) is 4.74 Å². The van der Waals surface area contributed by atoms with Crippen molar-refractivity contribution >= 4 is 0 Å². The Morgan fingerprint density at radius 1 is 1.24 bits per heavy atom. The van der Waals surface area contributed by atoms with Crippen LogP contribution in [0.5, 0.6) is 0 Å². The molecule has 2 heterocycles. The number of hydrogen-bond donors (Lipinski definition) is 1. The summed E-state index contributed by atoms with van der Waals surface area (Å²) in [5.74, 6) is 0.771. The van der Waals surface area contributed by atoms with E-state index in [4.69, 9.17) is 4.74 Å². The Morgan fingerprint density at radius 3 is 2.94 bits per heavy atom. The Kier molecular flexibility index (Phi) is 5.75. The van der Waals surface area contributed by atoms with E-state index in [1.807, 2.05) is 7.11 Å². The standard InChI is InChI=1S/C14H28N2O/c1-17-12-13-5-4-9-16(11-13)10-7-14-6-2-3-8-15-14/h13-15H,2-12H2,1H3. The number of nitrogens with zero attached hydrogens (tertiary/aromatic N) is 1. The molecule has 2 aliphatic rings. The molecule has 100 valence electrons. The van der Waals surface area contributed by atoms with E-state index >= 15 is 0 Å². The quantitative estimate of drug-likeness (QED) is 0.794. The van der Waals surface area contributed by atoms with Gasteiger partial charge in [-0.05, 0) is 57.7 Å². The number of ether oxygens (including phenoxy) is 1. The lowest BCUT2D eigenvalue weighted by molar-refractivity contribution is 0.0881. The molecular weight excluding hydrogens is 212 g/mol. The highest BCUT2D eigenvalue weighted by molar-refractivity contribution is 4.77. The van der Waals surface area contributed by atoms with E-state index in [1.165, 1.54) is 64.7 Å². The van der Waals surface area contributed by atoms with Gasteiger partial charge in [-0.25, -0.2) is 0 Å². The molecule has 1 N–H and O–H groups in total. The Hall–Kier alpha value is -0.120. The highest BCUT2D eigenvalue weighted by Crippen LogP contribution is 2.18. The predicted octanol–water partition coefficient (Wildman–Crippen LogP) is 1.88. The van der Waals surface area contributed by atoms with Gasteiger partial charge in [-0.1, -0.05) is 6.42 Å². The number of piperidine rings is 2. The van der Waals surface area contributed by atoms with Gasteiger partial charge in [0.05, 0.1) is 6.61 Å². The fraction of sp³-hybridized carbons (Fsp3) is 1.00. The molecule has 0 aromatic carbocycles. The highest BCUT2D eigenvalue weighted by Gasteiger charge is 2.20. The summed E-state index contributed by atoms with van der Waals surface area (Å²) in [6.45, 7) is 6.00. The molecule has 17 heavy (non-hydrogen) atoms. The lowest BCUT2D eigenvalue weighted by Gasteiger charge is -2.34. The molecule has 2 rings (SSSR count). The van der Waals surface area contributed by atoms with Crippen LogP contribution in [0.4, 0.5) is 0 Å². The minimum atomic E-state index is 0.771. The van der Waals surface area contributed by atoms with E-state index in [2.05, 4.69) is 10.2 Å². The van der Waals surface area contributed by atoms with Crippen molar-refractivity contribution < 1.29 is 4.74 Å². The van der Waals surface area contributed by atoms with Crippen molar-refractivity contribution in [3.05, 3.63) is 0 Å². The maximum absolute atomic E-state index is 5.29. The number of nitrogens with one attached hydrogen (secondary N) is 1. The minimum Gasteiger partial charge on any atom is -0.384 e. The van der Waals surface area contributed by atoms with Gasteiger partial charge in [-0.3, -0.25) is 0 Å². The van der Waals surface area contributed by atoms with Crippen LogP contribution in [0, 0.1) is 5.92 Å². The molecule has 3 heteroatoms. The number of likely N-dealkylation sites (tertiary alicyclic amines) is 1. The Bertz CT molecular complexity index is 202. The summed E-state index contributed by atoms with van der Waals surface area (Å²) in [5, 5.41) is 3.64. The monoisotopic (exact) mass is 240 g/mol. The van der Waals surface area contributed by atoms with Crippen LogP contribution in [-0.4, -0.2) is 50.8 Å². The molecule has 0 bridgehead atoms. The maximum Gasteiger partial charge on any atom is 0.0502 e. The first-order chi connectivity index (χ1) is 8.38. The molecule has 0 radical (unpaired) electrons. The topological polar surface area (TPSA) is 24.5 Å². The van der Waals surface area contributed by atoms with Crippen molar-refractivity contribution in [1.29, 1.82) is 0 Å². The van der Waals surface area contributed by atoms with E-state index in [0.717, 1.165) is 18.6 Å². The van der Waals surface area contributed by atoms with Gasteiger partial charge in [0.25, 0.3) is 0 Å². The third-order valence-electron chi connectivity index (χ3n) is 4.21. The summed E-state index contributed by atoms with van der Waals surface area (Å²) in [5.41, 5.74) is 0. The second-order valence-corrected chi connectivity index (χ2v) is 5.70.